The summed E-state index contributed by atoms with van der Waals surface area (Å²) >= 11 is 0. The first-order valence-electron chi connectivity index (χ1n) is 8.40. The van der Waals surface area contributed by atoms with Gasteiger partial charge < -0.3 is 10.4 Å². The Morgan fingerprint density at radius 2 is 1.46 bits per heavy atom. The van der Waals surface area contributed by atoms with Crippen molar-refractivity contribution in [2.75, 3.05) is 5.32 Å². The molecule has 1 heterocycles. The fourth-order valence-electron chi connectivity index (χ4n) is 3.29. The highest BCUT2D eigenvalue weighted by Gasteiger charge is 2.46. The summed E-state index contributed by atoms with van der Waals surface area (Å²) in [5.74, 6) is -0.841. The van der Waals surface area contributed by atoms with E-state index in [2.05, 4.69) is 5.32 Å². The molecular formula is C22H17NO3. The van der Waals surface area contributed by atoms with Gasteiger partial charge in [-0.15, -0.1) is 0 Å². The van der Waals surface area contributed by atoms with Crippen LogP contribution in [0.5, 0.6) is 0 Å². The highest BCUT2D eigenvalue weighted by Crippen LogP contribution is 2.38. The molecule has 2 N–H and O–H groups in total. The molecule has 1 unspecified atom stereocenters. The molecule has 3 aromatic rings. The first-order chi connectivity index (χ1) is 12.6. The molecule has 1 amide bonds. The number of carbonyl (C=O) groups excluding carboxylic acids is 2. The van der Waals surface area contributed by atoms with Gasteiger partial charge in [-0.3, -0.25) is 9.59 Å². The van der Waals surface area contributed by atoms with Crippen LogP contribution in [-0.4, -0.2) is 16.8 Å². The molecule has 0 bridgehead atoms. The Balaban J connectivity index is 1.58. The first kappa shape index (κ1) is 16.2. The van der Waals surface area contributed by atoms with E-state index in [0.29, 0.717) is 16.8 Å². The second-order valence-electron chi connectivity index (χ2n) is 6.40. The highest BCUT2D eigenvalue weighted by molar-refractivity contribution is 6.09. The van der Waals surface area contributed by atoms with E-state index in [1.54, 1.807) is 36.4 Å². The molecule has 4 rings (SSSR count). The summed E-state index contributed by atoms with van der Waals surface area (Å²) in [6.07, 6.45) is -0.291. The second kappa shape index (κ2) is 6.24. The van der Waals surface area contributed by atoms with Crippen LogP contribution in [0, 0.1) is 0 Å². The van der Waals surface area contributed by atoms with Gasteiger partial charge in [-0.1, -0.05) is 72.8 Å². The smallest absolute Gasteiger partial charge is 0.261 e. The number of para-hydroxylation sites is 1. The van der Waals surface area contributed by atoms with Crippen LogP contribution in [0.4, 0.5) is 5.69 Å². The average molecular weight is 343 g/mol. The van der Waals surface area contributed by atoms with E-state index in [9.17, 15) is 14.7 Å². The van der Waals surface area contributed by atoms with Gasteiger partial charge in [0, 0.05) is 16.8 Å². The number of hydrogen-bond donors (Lipinski definition) is 2. The Morgan fingerprint density at radius 3 is 2.19 bits per heavy atom. The molecule has 0 radical (unpaired) electrons. The Bertz CT molecular complexity index is 980. The Kier molecular flexibility index (Phi) is 3.90. The van der Waals surface area contributed by atoms with Crippen molar-refractivity contribution in [3.63, 3.8) is 0 Å². The SMILES string of the molecule is O=C(CC1(O)C(=O)Nc2ccccc21)c1ccc(-c2ccccc2)cc1. The van der Waals surface area contributed by atoms with E-state index >= 15 is 0 Å². The standard InChI is InChI=1S/C22H17NO3/c24-20(14-22(26)18-8-4-5-9-19(18)23-21(22)25)17-12-10-16(11-13-17)15-6-2-1-3-7-15/h1-13,26H,14H2,(H,23,25). The molecule has 26 heavy (non-hydrogen) atoms. The lowest BCUT2D eigenvalue weighted by atomic mass is 9.88. The summed E-state index contributed by atoms with van der Waals surface area (Å²) in [5, 5.41) is 13.5. The molecule has 3 aromatic carbocycles. The molecule has 1 atom stereocenters. The summed E-state index contributed by atoms with van der Waals surface area (Å²) < 4.78 is 0. The van der Waals surface area contributed by atoms with Crippen molar-refractivity contribution >= 4 is 17.4 Å². The quantitative estimate of drug-likeness (QED) is 0.709. The van der Waals surface area contributed by atoms with Gasteiger partial charge in [0.05, 0.1) is 6.42 Å². The van der Waals surface area contributed by atoms with Gasteiger partial charge in [-0.25, -0.2) is 0 Å². The number of ketones is 1. The Morgan fingerprint density at radius 1 is 0.846 bits per heavy atom. The van der Waals surface area contributed by atoms with Crippen LogP contribution in [-0.2, 0) is 10.4 Å². The molecule has 0 aromatic heterocycles. The maximum Gasteiger partial charge on any atom is 0.261 e. The lowest BCUT2D eigenvalue weighted by Crippen LogP contribution is -2.36. The number of fused-ring (bicyclic) bond motifs is 1. The minimum atomic E-state index is -1.83. The number of anilines is 1. The van der Waals surface area contributed by atoms with Crippen molar-refractivity contribution in [2.45, 2.75) is 12.0 Å². The number of hydrogen-bond acceptors (Lipinski definition) is 3. The van der Waals surface area contributed by atoms with E-state index in [1.807, 2.05) is 42.5 Å². The van der Waals surface area contributed by atoms with Crippen LogP contribution in [0.2, 0.25) is 0 Å². The number of aliphatic hydroxyl groups is 1. The zero-order valence-corrected chi connectivity index (χ0v) is 14.0. The third kappa shape index (κ3) is 2.70. The van der Waals surface area contributed by atoms with Crippen LogP contribution in [0.15, 0.2) is 78.9 Å². The first-order valence-corrected chi connectivity index (χ1v) is 8.40. The molecule has 0 aliphatic carbocycles. The van der Waals surface area contributed by atoms with Crippen molar-refractivity contribution in [1.29, 1.82) is 0 Å². The number of rotatable bonds is 4. The summed E-state index contributed by atoms with van der Waals surface area (Å²) in [7, 11) is 0. The maximum absolute atomic E-state index is 12.7. The topological polar surface area (TPSA) is 66.4 Å². The fourth-order valence-corrected chi connectivity index (χ4v) is 3.29. The van der Waals surface area contributed by atoms with Crippen LogP contribution in [0.25, 0.3) is 11.1 Å². The van der Waals surface area contributed by atoms with Crippen LogP contribution >= 0.6 is 0 Å². The predicted molar refractivity (Wildman–Crippen MR) is 99.8 cm³/mol. The largest absolute Gasteiger partial charge is 0.375 e. The number of nitrogens with one attached hydrogen (secondary N) is 1. The monoisotopic (exact) mass is 343 g/mol. The van der Waals surface area contributed by atoms with E-state index < -0.39 is 11.5 Å². The van der Waals surface area contributed by atoms with Crippen LogP contribution < -0.4 is 5.32 Å². The van der Waals surface area contributed by atoms with E-state index in [1.165, 1.54) is 0 Å². The molecule has 0 saturated carbocycles. The van der Waals surface area contributed by atoms with Gasteiger partial charge in [-0.05, 0) is 17.2 Å². The van der Waals surface area contributed by atoms with Crippen molar-refractivity contribution in [3.05, 3.63) is 90.0 Å². The van der Waals surface area contributed by atoms with Crippen molar-refractivity contribution in [3.8, 4) is 11.1 Å². The molecule has 4 heteroatoms. The molecular weight excluding hydrogens is 326 g/mol. The molecule has 0 spiro atoms. The zero-order chi connectivity index (χ0) is 18.1. The van der Waals surface area contributed by atoms with Gasteiger partial charge in [0.15, 0.2) is 11.4 Å². The van der Waals surface area contributed by atoms with E-state index in [-0.39, 0.29) is 12.2 Å². The average Bonchev–Trinajstić information content (AvgIpc) is 2.93. The van der Waals surface area contributed by atoms with Crippen LogP contribution in [0.1, 0.15) is 22.3 Å². The normalized spacial score (nSPS) is 18.3. The van der Waals surface area contributed by atoms with Gasteiger partial charge >= 0.3 is 0 Å². The summed E-state index contributed by atoms with van der Waals surface area (Å²) in [6, 6.07) is 24.0. The van der Waals surface area contributed by atoms with Crippen molar-refractivity contribution < 1.29 is 14.7 Å². The van der Waals surface area contributed by atoms with Crippen LogP contribution in [0.3, 0.4) is 0 Å². The highest BCUT2D eigenvalue weighted by atomic mass is 16.3. The van der Waals surface area contributed by atoms with Gasteiger partial charge in [0.25, 0.3) is 5.91 Å². The molecule has 128 valence electrons. The predicted octanol–water partition coefficient (Wildman–Crippen LogP) is 3.77. The van der Waals surface area contributed by atoms with Crippen molar-refractivity contribution in [1.82, 2.24) is 0 Å². The maximum atomic E-state index is 12.7. The van der Waals surface area contributed by atoms with Gasteiger partial charge in [0.2, 0.25) is 0 Å². The third-order valence-electron chi connectivity index (χ3n) is 4.73. The molecule has 4 nitrogen and oxygen atoms in total. The lowest BCUT2D eigenvalue weighted by molar-refractivity contribution is -0.133. The molecule has 0 fully saturated rings. The number of carbonyl (C=O) groups is 2. The van der Waals surface area contributed by atoms with E-state index in [4.69, 9.17) is 0 Å². The minimum Gasteiger partial charge on any atom is -0.375 e. The van der Waals surface area contributed by atoms with Crippen molar-refractivity contribution in [2.24, 2.45) is 0 Å². The summed E-state index contributed by atoms with van der Waals surface area (Å²) in [5.41, 5.74) is 1.70. The third-order valence-corrected chi connectivity index (χ3v) is 4.73. The zero-order valence-electron chi connectivity index (χ0n) is 14.0. The second-order valence-corrected chi connectivity index (χ2v) is 6.40. The summed E-state index contributed by atoms with van der Waals surface area (Å²) in [4.78, 5) is 24.9. The number of amides is 1. The fraction of sp³-hybridized carbons (Fsp3) is 0.0909. The Hall–Kier alpha value is -3.24. The van der Waals surface area contributed by atoms with Gasteiger partial charge in [-0.2, -0.15) is 0 Å². The van der Waals surface area contributed by atoms with Gasteiger partial charge in [0.1, 0.15) is 0 Å². The molecule has 1 aliphatic rings. The minimum absolute atomic E-state index is 0.279. The lowest BCUT2D eigenvalue weighted by Gasteiger charge is -2.20. The molecule has 1 aliphatic heterocycles. The molecule has 0 saturated heterocycles. The number of Topliss-reactive ketones (excluding diaryl/α,β-unsaturated/α-hetero) is 1. The summed E-state index contributed by atoms with van der Waals surface area (Å²) in [6.45, 7) is 0. The number of benzene rings is 3. The van der Waals surface area contributed by atoms with E-state index in [0.717, 1.165) is 11.1 Å². The Labute approximate surface area is 151 Å².